The van der Waals surface area contributed by atoms with Gasteiger partial charge in [-0.1, -0.05) is 26.0 Å². The van der Waals surface area contributed by atoms with Crippen LogP contribution in [0.3, 0.4) is 0 Å². The standard InChI is InChI=1S/C24H29N3O7/c1-13(2)22(29)25-18-11-20(33-6)19(32-5)10-16(18)23(30)34-12-21(28)27-24(31)26-17-9-7-8-14(3)15(17)4/h7-11,13H,12H2,1-6H3,(H,25,29)(H2,26,27,28,31). The van der Waals surface area contributed by atoms with Crippen LogP contribution in [-0.2, 0) is 14.3 Å². The molecule has 0 spiro atoms. The number of hydrogen-bond acceptors (Lipinski definition) is 7. The molecular formula is C24H29N3O7. The molecule has 0 saturated heterocycles. The van der Waals surface area contributed by atoms with Gasteiger partial charge in [-0.3, -0.25) is 14.9 Å². The molecule has 10 nitrogen and oxygen atoms in total. The number of aryl methyl sites for hydroxylation is 1. The Balaban J connectivity index is 2.09. The Morgan fingerprint density at radius 2 is 1.56 bits per heavy atom. The van der Waals surface area contributed by atoms with Gasteiger partial charge < -0.3 is 24.8 Å². The van der Waals surface area contributed by atoms with Gasteiger partial charge in [0.05, 0.1) is 25.5 Å². The Morgan fingerprint density at radius 1 is 0.912 bits per heavy atom. The molecule has 0 radical (unpaired) electrons. The van der Waals surface area contributed by atoms with E-state index >= 15 is 0 Å². The number of ether oxygens (including phenoxy) is 3. The summed E-state index contributed by atoms with van der Waals surface area (Å²) in [7, 11) is 2.80. The quantitative estimate of drug-likeness (QED) is 0.503. The van der Waals surface area contributed by atoms with Gasteiger partial charge in [0.1, 0.15) is 0 Å². The molecule has 182 valence electrons. The van der Waals surface area contributed by atoms with Crippen molar-refractivity contribution in [1.29, 1.82) is 0 Å². The number of benzene rings is 2. The number of hydrogen-bond donors (Lipinski definition) is 3. The number of amides is 4. The second-order valence-corrected chi connectivity index (χ2v) is 7.72. The first kappa shape index (κ1) is 26.2. The highest BCUT2D eigenvalue weighted by molar-refractivity contribution is 6.05. The molecule has 0 saturated carbocycles. The average molecular weight is 472 g/mol. The van der Waals surface area contributed by atoms with Gasteiger partial charge >= 0.3 is 12.0 Å². The van der Waals surface area contributed by atoms with Crippen molar-refractivity contribution in [1.82, 2.24) is 5.32 Å². The predicted octanol–water partition coefficient (Wildman–Crippen LogP) is 3.42. The van der Waals surface area contributed by atoms with Crippen molar-refractivity contribution in [2.45, 2.75) is 27.7 Å². The molecule has 0 aliphatic carbocycles. The van der Waals surface area contributed by atoms with Crippen LogP contribution in [0.1, 0.15) is 35.3 Å². The fourth-order valence-electron chi connectivity index (χ4n) is 2.84. The maximum absolute atomic E-state index is 12.7. The van der Waals surface area contributed by atoms with E-state index in [-0.39, 0.29) is 28.8 Å². The highest BCUT2D eigenvalue weighted by Gasteiger charge is 2.22. The van der Waals surface area contributed by atoms with Crippen LogP contribution in [0.25, 0.3) is 0 Å². The minimum atomic E-state index is -0.898. The third-order valence-electron chi connectivity index (χ3n) is 4.97. The number of carbonyl (C=O) groups is 4. The molecular weight excluding hydrogens is 442 g/mol. The normalized spacial score (nSPS) is 10.3. The number of urea groups is 1. The number of rotatable bonds is 8. The summed E-state index contributed by atoms with van der Waals surface area (Å²) >= 11 is 0. The average Bonchev–Trinajstić information content (AvgIpc) is 2.79. The second-order valence-electron chi connectivity index (χ2n) is 7.72. The lowest BCUT2D eigenvalue weighted by atomic mass is 10.1. The zero-order valence-corrected chi connectivity index (χ0v) is 20.0. The lowest BCUT2D eigenvalue weighted by molar-refractivity contribution is -0.123. The van der Waals surface area contributed by atoms with Gasteiger partial charge in [0.2, 0.25) is 5.91 Å². The highest BCUT2D eigenvalue weighted by Crippen LogP contribution is 2.34. The van der Waals surface area contributed by atoms with Crippen LogP contribution < -0.4 is 25.4 Å². The van der Waals surface area contributed by atoms with Gasteiger partial charge in [0.25, 0.3) is 5.91 Å². The van der Waals surface area contributed by atoms with Crippen LogP contribution in [0.5, 0.6) is 11.5 Å². The van der Waals surface area contributed by atoms with Crippen LogP contribution >= 0.6 is 0 Å². The van der Waals surface area contributed by atoms with E-state index in [0.717, 1.165) is 11.1 Å². The van der Waals surface area contributed by atoms with Gasteiger partial charge in [0.15, 0.2) is 18.1 Å². The number of imide groups is 1. The summed E-state index contributed by atoms with van der Waals surface area (Å²) < 4.78 is 15.5. The van der Waals surface area contributed by atoms with Crippen molar-refractivity contribution in [2.24, 2.45) is 5.92 Å². The van der Waals surface area contributed by atoms with E-state index < -0.39 is 24.5 Å². The smallest absolute Gasteiger partial charge is 0.340 e. The number of esters is 1. The SMILES string of the molecule is COc1cc(NC(=O)C(C)C)c(C(=O)OCC(=O)NC(=O)Nc2cccc(C)c2C)cc1OC. The molecule has 2 aromatic rings. The topological polar surface area (TPSA) is 132 Å². The molecule has 3 N–H and O–H groups in total. The van der Waals surface area contributed by atoms with Crippen molar-refractivity contribution < 1.29 is 33.4 Å². The van der Waals surface area contributed by atoms with E-state index in [1.807, 2.05) is 19.9 Å². The molecule has 2 aromatic carbocycles. The molecule has 0 fully saturated rings. The summed E-state index contributed by atoms with van der Waals surface area (Å²) in [6.07, 6.45) is 0. The third kappa shape index (κ3) is 6.71. The van der Waals surface area contributed by atoms with E-state index in [2.05, 4.69) is 16.0 Å². The molecule has 0 heterocycles. The van der Waals surface area contributed by atoms with Gasteiger partial charge in [-0.2, -0.15) is 0 Å². The zero-order valence-electron chi connectivity index (χ0n) is 20.0. The highest BCUT2D eigenvalue weighted by atomic mass is 16.5. The fraction of sp³-hybridized carbons (Fsp3) is 0.333. The van der Waals surface area contributed by atoms with Crippen LogP contribution in [-0.4, -0.2) is 44.6 Å². The van der Waals surface area contributed by atoms with Crippen LogP contribution in [0.15, 0.2) is 30.3 Å². The maximum Gasteiger partial charge on any atom is 0.340 e. The van der Waals surface area contributed by atoms with Crippen molar-refractivity contribution in [3.63, 3.8) is 0 Å². The Labute approximate surface area is 198 Å². The molecule has 0 bridgehead atoms. The number of carbonyl (C=O) groups excluding carboxylic acids is 4. The summed E-state index contributed by atoms with van der Waals surface area (Å²) in [5.41, 5.74) is 2.49. The number of nitrogens with one attached hydrogen (secondary N) is 3. The predicted molar refractivity (Wildman–Crippen MR) is 126 cm³/mol. The summed E-state index contributed by atoms with van der Waals surface area (Å²) in [5, 5.41) is 7.32. The number of anilines is 2. The van der Waals surface area contributed by atoms with Crippen LogP contribution in [0.4, 0.5) is 16.2 Å². The van der Waals surface area contributed by atoms with E-state index in [9.17, 15) is 19.2 Å². The van der Waals surface area contributed by atoms with Gasteiger partial charge in [0, 0.05) is 23.7 Å². The first-order valence-corrected chi connectivity index (χ1v) is 10.5. The third-order valence-corrected chi connectivity index (χ3v) is 4.97. The molecule has 2 rings (SSSR count). The molecule has 4 amide bonds. The number of methoxy groups -OCH3 is 2. The minimum Gasteiger partial charge on any atom is -0.493 e. The van der Waals surface area contributed by atoms with Crippen molar-refractivity contribution in [3.8, 4) is 11.5 Å². The Hall–Kier alpha value is -4.08. The van der Waals surface area contributed by atoms with E-state index in [1.165, 1.54) is 26.4 Å². The lowest BCUT2D eigenvalue weighted by Gasteiger charge is -2.16. The molecule has 0 unspecified atom stereocenters. The summed E-state index contributed by atoms with van der Waals surface area (Å²) in [4.78, 5) is 49.2. The molecule has 34 heavy (non-hydrogen) atoms. The fourth-order valence-corrected chi connectivity index (χ4v) is 2.84. The van der Waals surface area contributed by atoms with Crippen molar-refractivity contribution in [2.75, 3.05) is 31.5 Å². The Kier molecular flexibility index (Phi) is 9.00. The van der Waals surface area contributed by atoms with Crippen molar-refractivity contribution >= 4 is 35.2 Å². The first-order valence-electron chi connectivity index (χ1n) is 10.5. The maximum atomic E-state index is 12.7. The monoisotopic (exact) mass is 471 g/mol. The molecule has 0 aliphatic rings. The van der Waals surface area contributed by atoms with Gasteiger partial charge in [-0.15, -0.1) is 0 Å². The molecule has 0 aromatic heterocycles. The van der Waals surface area contributed by atoms with Crippen molar-refractivity contribution in [3.05, 3.63) is 47.0 Å². The Morgan fingerprint density at radius 3 is 2.18 bits per heavy atom. The van der Waals surface area contributed by atoms with Gasteiger partial charge in [-0.05, 0) is 31.0 Å². The first-order chi connectivity index (χ1) is 16.1. The largest absolute Gasteiger partial charge is 0.493 e. The van der Waals surface area contributed by atoms with Crippen LogP contribution in [0.2, 0.25) is 0 Å². The minimum absolute atomic E-state index is 0.0423. The zero-order chi connectivity index (χ0) is 25.4. The molecule has 10 heteroatoms. The summed E-state index contributed by atoms with van der Waals surface area (Å²) in [6, 6.07) is 7.38. The van der Waals surface area contributed by atoms with E-state index in [4.69, 9.17) is 14.2 Å². The summed E-state index contributed by atoms with van der Waals surface area (Å²) in [5.74, 6) is -1.89. The van der Waals surface area contributed by atoms with Gasteiger partial charge in [-0.25, -0.2) is 9.59 Å². The summed E-state index contributed by atoms with van der Waals surface area (Å²) in [6.45, 7) is 6.41. The van der Waals surface area contributed by atoms with E-state index in [1.54, 1.807) is 26.0 Å². The Bertz CT molecular complexity index is 1100. The lowest BCUT2D eigenvalue weighted by Crippen LogP contribution is -2.37. The molecule has 0 aliphatic heterocycles. The second kappa shape index (κ2) is 11.7. The van der Waals surface area contributed by atoms with E-state index in [0.29, 0.717) is 11.4 Å². The molecule has 0 atom stereocenters. The van der Waals surface area contributed by atoms with Crippen LogP contribution in [0, 0.1) is 19.8 Å².